The van der Waals surface area contributed by atoms with Gasteiger partial charge in [0.05, 0.1) is 11.4 Å². The molecule has 0 spiro atoms. The second kappa shape index (κ2) is 9.61. The number of carboxylic acids is 1. The Labute approximate surface area is 203 Å². The van der Waals surface area contributed by atoms with Crippen molar-refractivity contribution in [1.82, 2.24) is 20.4 Å². The van der Waals surface area contributed by atoms with Gasteiger partial charge in [0, 0.05) is 47.1 Å². The molecule has 0 bridgehead atoms. The van der Waals surface area contributed by atoms with E-state index in [0.717, 1.165) is 0 Å². The van der Waals surface area contributed by atoms with Crippen LogP contribution in [0.2, 0.25) is 10.0 Å². The average Bonchev–Trinajstić information content (AvgIpc) is 2.80. The molecule has 1 aliphatic rings. The predicted molar refractivity (Wildman–Crippen MR) is 123 cm³/mol. The van der Waals surface area contributed by atoms with E-state index in [0.29, 0.717) is 21.2 Å². The summed E-state index contributed by atoms with van der Waals surface area (Å²) in [6.45, 7) is -0.164. The minimum absolute atomic E-state index is 0.0819. The molecule has 0 aliphatic carbocycles. The van der Waals surface area contributed by atoms with Crippen molar-refractivity contribution in [3.63, 3.8) is 0 Å². The first-order valence-corrected chi connectivity index (χ1v) is 11.0. The predicted octanol–water partition coefficient (Wildman–Crippen LogP) is 5.19. The molecule has 3 aromatic rings. The fourth-order valence-corrected chi connectivity index (χ4v) is 3.76. The normalized spacial score (nSPS) is 15.6. The highest BCUT2D eigenvalue weighted by molar-refractivity contribution is 6.31. The lowest BCUT2D eigenvalue weighted by Crippen LogP contribution is -2.49. The van der Waals surface area contributed by atoms with E-state index in [9.17, 15) is 23.5 Å². The van der Waals surface area contributed by atoms with E-state index in [1.54, 1.807) is 48.5 Å². The molecule has 176 valence electrons. The van der Waals surface area contributed by atoms with Crippen molar-refractivity contribution in [2.24, 2.45) is 0 Å². The second-order valence-electron chi connectivity index (χ2n) is 7.72. The summed E-state index contributed by atoms with van der Waals surface area (Å²) in [4.78, 5) is 33.6. The molecule has 0 unspecified atom stereocenters. The molecule has 1 aromatic heterocycles. The summed E-state index contributed by atoms with van der Waals surface area (Å²) < 4.78 is 26.9. The second-order valence-corrected chi connectivity index (χ2v) is 8.59. The van der Waals surface area contributed by atoms with Gasteiger partial charge in [-0.25, -0.2) is 28.6 Å². The zero-order valence-electron chi connectivity index (χ0n) is 17.6. The van der Waals surface area contributed by atoms with Crippen molar-refractivity contribution in [2.45, 2.75) is 18.8 Å². The number of nitrogens with one attached hydrogen (secondary N) is 1. The van der Waals surface area contributed by atoms with Crippen LogP contribution in [0.15, 0.2) is 48.5 Å². The number of rotatable bonds is 5. The molecule has 7 nitrogen and oxygen atoms in total. The van der Waals surface area contributed by atoms with Crippen LogP contribution >= 0.6 is 23.2 Å². The van der Waals surface area contributed by atoms with E-state index >= 15 is 0 Å². The van der Waals surface area contributed by atoms with Crippen LogP contribution in [0.25, 0.3) is 22.5 Å². The third-order valence-corrected chi connectivity index (χ3v) is 5.81. The number of carbonyl (C=O) groups is 2. The quantitative estimate of drug-likeness (QED) is 0.494. The number of benzene rings is 2. The zero-order chi connectivity index (χ0) is 24.5. The molecule has 1 aliphatic heterocycles. The molecule has 0 radical (unpaired) electrons. The molecular weight excluding hydrogens is 489 g/mol. The van der Waals surface area contributed by atoms with E-state index < -0.39 is 42.0 Å². The number of hydrogen-bond acceptors (Lipinski definition) is 5. The van der Waals surface area contributed by atoms with E-state index in [1.165, 1.54) is 5.01 Å². The minimum atomic E-state index is -2.80. The summed E-state index contributed by atoms with van der Waals surface area (Å²) in [6.07, 6.45) is -0.841. The highest BCUT2D eigenvalue weighted by atomic mass is 35.5. The van der Waals surface area contributed by atoms with Crippen LogP contribution in [0.1, 0.15) is 33.8 Å². The van der Waals surface area contributed by atoms with Gasteiger partial charge in [0.1, 0.15) is 0 Å². The summed E-state index contributed by atoms with van der Waals surface area (Å²) >= 11 is 12.0. The number of nitrogens with zero attached hydrogens (tertiary/aromatic N) is 3. The summed E-state index contributed by atoms with van der Waals surface area (Å²) in [6, 6.07) is 13.2. The van der Waals surface area contributed by atoms with E-state index in [-0.39, 0.29) is 24.5 Å². The molecule has 1 amide bonds. The number of aromatic nitrogens is 2. The molecular formula is C23H18Cl2F2N4O3. The van der Waals surface area contributed by atoms with E-state index in [1.807, 2.05) is 0 Å². The first-order chi connectivity index (χ1) is 16.1. The van der Waals surface area contributed by atoms with Gasteiger partial charge >= 0.3 is 5.97 Å². The van der Waals surface area contributed by atoms with Crippen molar-refractivity contribution in [1.29, 1.82) is 0 Å². The number of aromatic carboxylic acids is 1. The van der Waals surface area contributed by atoms with Crippen LogP contribution in [0.4, 0.5) is 8.78 Å². The lowest BCUT2D eigenvalue weighted by Gasteiger charge is -2.31. The number of hydrogen-bond donors (Lipinski definition) is 2. The largest absolute Gasteiger partial charge is 0.476 e. The maximum Gasteiger partial charge on any atom is 0.357 e. The van der Waals surface area contributed by atoms with Gasteiger partial charge in [0.2, 0.25) is 0 Å². The van der Waals surface area contributed by atoms with Gasteiger partial charge in [-0.2, -0.15) is 0 Å². The number of hydrazine groups is 1. The van der Waals surface area contributed by atoms with Crippen LogP contribution in [-0.4, -0.2) is 51.0 Å². The smallest absolute Gasteiger partial charge is 0.357 e. The zero-order valence-corrected chi connectivity index (χ0v) is 19.1. The van der Waals surface area contributed by atoms with Gasteiger partial charge in [-0.3, -0.25) is 10.2 Å². The van der Waals surface area contributed by atoms with Gasteiger partial charge in [-0.05, 0) is 24.3 Å². The number of alkyl halides is 2. The molecule has 1 fully saturated rings. The number of carboxylic acid groups (broad SMARTS) is 1. The monoisotopic (exact) mass is 506 g/mol. The fraction of sp³-hybridized carbons (Fsp3) is 0.217. The summed E-state index contributed by atoms with van der Waals surface area (Å²) in [5.41, 5.74) is 3.03. The molecule has 11 heteroatoms. The van der Waals surface area contributed by atoms with Crippen LogP contribution in [0, 0.1) is 0 Å². The number of carbonyl (C=O) groups excluding carboxylic acids is 1. The molecule has 0 atom stereocenters. The third kappa shape index (κ3) is 5.32. The maximum atomic E-state index is 13.5. The first-order valence-electron chi connectivity index (χ1n) is 10.2. The summed E-state index contributed by atoms with van der Waals surface area (Å²) in [5.74, 6) is -5.11. The number of piperidine rings is 1. The highest BCUT2D eigenvalue weighted by Gasteiger charge is 2.35. The summed E-state index contributed by atoms with van der Waals surface area (Å²) in [7, 11) is 0. The van der Waals surface area contributed by atoms with Crippen LogP contribution < -0.4 is 5.43 Å². The standard InChI is InChI=1S/C23H18Cl2F2N4O3/c24-15-5-1-13(2-6-15)17-18(14-3-7-16(25)8-4-14)29-20(22(33)34)19(28-17)21(32)30-31-11-9-23(26,27)10-12-31/h1-8H,9-12H2,(H,30,32)(H,33,34). The Morgan fingerprint density at radius 1 is 0.853 bits per heavy atom. The molecule has 2 N–H and O–H groups in total. The fourth-order valence-electron chi connectivity index (χ4n) is 3.50. The van der Waals surface area contributed by atoms with Crippen molar-refractivity contribution in [2.75, 3.05) is 13.1 Å². The maximum absolute atomic E-state index is 13.5. The van der Waals surface area contributed by atoms with Crippen LogP contribution in [0.3, 0.4) is 0 Å². The van der Waals surface area contributed by atoms with E-state index in [4.69, 9.17) is 23.2 Å². The van der Waals surface area contributed by atoms with Crippen LogP contribution in [-0.2, 0) is 0 Å². The van der Waals surface area contributed by atoms with Gasteiger partial charge < -0.3 is 5.11 Å². The van der Waals surface area contributed by atoms with Crippen molar-refractivity contribution in [3.8, 4) is 22.5 Å². The van der Waals surface area contributed by atoms with E-state index in [2.05, 4.69) is 15.4 Å². The van der Waals surface area contributed by atoms with Gasteiger partial charge in [0.15, 0.2) is 11.4 Å². The molecule has 0 saturated carbocycles. The minimum Gasteiger partial charge on any atom is -0.476 e. The molecule has 2 heterocycles. The van der Waals surface area contributed by atoms with Crippen molar-refractivity contribution in [3.05, 3.63) is 70.0 Å². The average molecular weight is 507 g/mol. The van der Waals surface area contributed by atoms with Crippen molar-refractivity contribution < 1.29 is 23.5 Å². The topological polar surface area (TPSA) is 95.4 Å². The summed E-state index contributed by atoms with van der Waals surface area (Å²) in [5, 5.41) is 12.0. The number of amides is 1. The highest BCUT2D eigenvalue weighted by Crippen LogP contribution is 2.32. The SMILES string of the molecule is O=C(O)c1nc(-c2ccc(Cl)cc2)c(-c2ccc(Cl)cc2)nc1C(=O)NN1CCC(F)(F)CC1. The van der Waals surface area contributed by atoms with Crippen LogP contribution in [0.5, 0.6) is 0 Å². The Balaban J connectivity index is 1.79. The Morgan fingerprint density at radius 2 is 1.29 bits per heavy atom. The van der Waals surface area contributed by atoms with Crippen molar-refractivity contribution >= 4 is 35.1 Å². The lowest BCUT2D eigenvalue weighted by molar-refractivity contribution is -0.0631. The molecule has 1 saturated heterocycles. The Hall–Kier alpha value is -3.14. The Bertz CT molecular complexity index is 1230. The van der Waals surface area contributed by atoms with Gasteiger partial charge in [-0.15, -0.1) is 0 Å². The Kier molecular flexibility index (Phi) is 6.79. The van der Waals surface area contributed by atoms with Gasteiger partial charge in [-0.1, -0.05) is 47.5 Å². The van der Waals surface area contributed by atoms with Gasteiger partial charge in [0.25, 0.3) is 11.8 Å². The molecule has 4 rings (SSSR count). The number of halogens is 4. The molecule has 34 heavy (non-hydrogen) atoms. The lowest BCUT2D eigenvalue weighted by atomic mass is 10.0. The first kappa shape index (κ1) is 24.0. The third-order valence-electron chi connectivity index (χ3n) is 5.30. The molecule has 2 aromatic carbocycles. The Morgan fingerprint density at radius 3 is 1.74 bits per heavy atom.